The lowest BCUT2D eigenvalue weighted by atomic mass is 10.2. The smallest absolute Gasteiger partial charge is 0.263 e. The van der Waals surface area contributed by atoms with Crippen molar-refractivity contribution in [3.05, 3.63) is 29.8 Å². The van der Waals surface area contributed by atoms with Gasteiger partial charge in [0.25, 0.3) is 5.91 Å². The summed E-state index contributed by atoms with van der Waals surface area (Å²) in [7, 11) is 0. The van der Waals surface area contributed by atoms with Crippen molar-refractivity contribution in [2.75, 3.05) is 19.7 Å². The van der Waals surface area contributed by atoms with Crippen LogP contribution in [0.15, 0.2) is 18.2 Å². The molecule has 0 saturated carbocycles. The van der Waals surface area contributed by atoms with Gasteiger partial charge in [-0.3, -0.25) is 4.79 Å². The van der Waals surface area contributed by atoms with Crippen LogP contribution in [-0.2, 0) is 9.53 Å². The molecule has 1 fully saturated rings. The molecule has 0 radical (unpaired) electrons. The first-order chi connectivity index (χ1) is 9.47. The maximum atomic E-state index is 13.1. The summed E-state index contributed by atoms with van der Waals surface area (Å²) in [6, 6.07) is 3.20. The molecule has 110 valence electrons. The van der Waals surface area contributed by atoms with Gasteiger partial charge in [0.1, 0.15) is 5.75 Å². The van der Waals surface area contributed by atoms with Gasteiger partial charge in [0, 0.05) is 19.2 Å². The number of carbonyl (C=O) groups excluding carboxylic acids is 1. The van der Waals surface area contributed by atoms with Crippen molar-refractivity contribution in [3.8, 4) is 5.75 Å². The second kappa shape index (κ2) is 6.17. The topological polar surface area (TPSA) is 38.8 Å². The van der Waals surface area contributed by atoms with E-state index >= 15 is 0 Å². The molecule has 20 heavy (non-hydrogen) atoms. The van der Waals surface area contributed by atoms with Crippen molar-refractivity contribution in [2.45, 2.75) is 26.1 Å². The third kappa shape index (κ3) is 3.45. The van der Waals surface area contributed by atoms with Crippen LogP contribution in [0.1, 0.15) is 13.8 Å². The maximum Gasteiger partial charge on any atom is 0.263 e. The number of carbonyl (C=O) groups is 1. The molecular formula is C14H17F2NO3. The Morgan fingerprint density at radius 3 is 2.85 bits per heavy atom. The van der Waals surface area contributed by atoms with Crippen molar-refractivity contribution >= 4 is 5.91 Å². The molecule has 1 aromatic carbocycles. The Bertz CT molecular complexity index is 495. The summed E-state index contributed by atoms with van der Waals surface area (Å²) in [6.45, 7) is 4.98. The first-order valence-corrected chi connectivity index (χ1v) is 6.49. The number of halogens is 2. The summed E-state index contributed by atoms with van der Waals surface area (Å²) in [5, 5.41) is 0. The summed E-state index contributed by atoms with van der Waals surface area (Å²) in [6.07, 6.45) is -0.770. The minimum atomic E-state index is -0.998. The molecule has 1 amide bonds. The third-order valence-corrected chi connectivity index (χ3v) is 3.10. The summed E-state index contributed by atoms with van der Waals surface area (Å²) < 4.78 is 36.6. The monoisotopic (exact) mass is 285 g/mol. The Balaban J connectivity index is 1.98. The largest absolute Gasteiger partial charge is 0.481 e. The number of morpholine rings is 1. The third-order valence-electron chi connectivity index (χ3n) is 3.10. The molecule has 1 saturated heterocycles. The van der Waals surface area contributed by atoms with Crippen LogP contribution < -0.4 is 4.74 Å². The van der Waals surface area contributed by atoms with Crippen LogP contribution >= 0.6 is 0 Å². The molecule has 1 aliphatic heterocycles. The summed E-state index contributed by atoms with van der Waals surface area (Å²) >= 11 is 0. The van der Waals surface area contributed by atoms with Gasteiger partial charge in [-0.05, 0) is 26.0 Å². The molecular weight excluding hydrogens is 268 g/mol. The molecule has 6 heteroatoms. The molecule has 0 spiro atoms. The van der Waals surface area contributed by atoms with Crippen molar-refractivity contribution in [1.82, 2.24) is 4.90 Å². The number of benzene rings is 1. The minimum absolute atomic E-state index is 0.0110. The lowest BCUT2D eigenvalue weighted by Gasteiger charge is -2.32. The molecule has 2 atom stereocenters. The molecule has 0 aliphatic carbocycles. The van der Waals surface area contributed by atoms with Crippen LogP contribution in [0, 0.1) is 11.6 Å². The predicted octanol–water partition coefficient (Wildman–Crippen LogP) is 1.98. The molecule has 0 N–H and O–H groups in total. The van der Waals surface area contributed by atoms with Gasteiger partial charge in [0.15, 0.2) is 17.7 Å². The first-order valence-electron chi connectivity index (χ1n) is 6.49. The highest BCUT2D eigenvalue weighted by Crippen LogP contribution is 2.18. The minimum Gasteiger partial charge on any atom is -0.481 e. The zero-order valence-corrected chi connectivity index (χ0v) is 11.4. The van der Waals surface area contributed by atoms with Gasteiger partial charge in [-0.1, -0.05) is 0 Å². The van der Waals surface area contributed by atoms with Crippen LogP contribution in [-0.4, -0.2) is 42.7 Å². The Hall–Kier alpha value is -1.69. The normalized spacial score (nSPS) is 20.6. The van der Waals surface area contributed by atoms with E-state index in [1.807, 2.05) is 6.92 Å². The number of hydrogen-bond acceptors (Lipinski definition) is 3. The lowest BCUT2D eigenvalue weighted by molar-refractivity contribution is -0.144. The molecule has 1 aliphatic rings. The second-order valence-electron chi connectivity index (χ2n) is 4.80. The van der Waals surface area contributed by atoms with Gasteiger partial charge in [-0.15, -0.1) is 0 Å². The molecule has 1 heterocycles. The summed E-state index contributed by atoms with van der Waals surface area (Å²) in [5.74, 6) is -2.00. The fraction of sp³-hybridized carbons (Fsp3) is 0.500. The first kappa shape index (κ1) is 14.7. The number of amides is 1. The standard InChI is InChI=1S/C14H17F2NO3/c1-9-8-17(5-6-19-9)14(18)10(2)20-11-3-4-12(15)13(16)7-11/h3-4,7,9-10H,5-6,8H2,1-2H3. The number of hydrogen-bond donors (Lipinski definition) is 0. The molecule has 0 aromatic heterocycles. The van der Waals surface area contributed by atoms with Gasteiger partial charge in [0.2, 0.25) is 0 Å². The highest BCUT2D eigenvalue weighted by Gasteiger charge is 2.26. The van der Waals surface area contributed by atoms with E-state index < -0.39 is 17.7 Å². The van der Waals surface area contributed by atoms with Gasteiger partial charge in [-0.2, -0.15) is 0 Å². The fourth-order valence-electron chi connectivity index (χ4n) is 2.08. The zero-order chi connectivity index (χ0) is 14.7. The van der Waals surface area contributed by atoms with Crippen molar-refractivity contribution in [2.24, 2.45) is 0 Å². The van der Waals surface area contributed by atoms with E-state index in [9.17, 15) is 13.6 Å². The van der Waals surface area contributed by atoms with Crippen molar-refractivity contribution < 1.29 is 23.0 Å². The van der Waals surface area contributed by atoms with Gasteiger partial charge in [-0.25, -0.2) is 8.78 Å². The van der Waals surface area contributed by atoms with Crippen LogP contribution in [0.4, 0.5) is 8.78 Å². The second-order valence-corrected chi connectivity index (χ2v) is 4.80. The van der Waals surface area contributed by atoms with Gasteiger partial charge >= 0.3 is 0 Å². The highest BCUT2D eigenvalue weighted by molar-refractivity contribution is 5.81. The van der Waals surface area contributed by atoms with Crippen LogP contribution in [0.25, 0.3) is 0 Å². The predicted molar refractivity (Wildman–Crippen MR) is 68.4 cm³/mol. The fourth-order valence-corrected chi connectivity index (χ4v) is 2.08. The molecule has 1 aromatic rings. The molecule has 0 bridgehead atoms. The highest BCUT2D eigenvalue weighted by atomic mass is 19.2. The average Bonchev–Trinajstić information content (AvgIpc) is 2.42. The SMILES string of the molecule is CC1CN(C(=O)C(C)Oc2ccc(F)c(F)c2)CCO1. The van der Waals surface area contributed by atoms with E-state index in [1.54, 1.807) is 11.8 Å². The van der Waals surface area contributed by atoms with E-state index in [-0.39, 0.29) is 17.8 Å². The summed E-state index contributed by atoms with van der Waals surface area (Å²) in [4.78, 5) is 13.8. The number of nitrogens with zero attached hydrogens (tertiary/aromatic N) is 1. The van der Waals surface area contributed by atoms with E-state index in [2.05, 4.69) is 0 Å². The van der Waals surface area contributed by atoms with Crippen LogP contribution in [0.2, 0.25) is 0 Å². The Labute approximate surface area is 116 Å². The Morgan fingerprint density at radius 1 is 1.45 bits per heavy atom. The van der Waals surface area contributed by atoms with E-state index in [1.165, 1.54) is 6.07 Å². The lowest BCUT2D eigenvalue weighted by Crippen LogP contribution is -2.49. The van der Waals surface area contributed by atoms with E-state index in [0.717, 1.165) is 12.1 Å². The van der Waals surface area contributed by atoms with Crippen molar-refractivity contribution in [3.63, 3.8) is 0 Å². The molecule has 4 nitrogen and oxygen atoms in total. The van der Waals surface area contributed by atoms with Crippen molar-refractivity contribution in [1.29, 1.82) is 0 Å². The van der Waals surface area contributed by atoms with Crippen LogP contribution in [0.3, 0.4) is 0 Å². The van der Waals surface area contributed by atoms with Gasteiger partial charge < -0.3 is 14.4 Å². The number of ether oxygens (including phenoxy) is 2. The molecule has 2 unspecified atom stereocenters. The Morgan fingerprint density at radius 2 is 2.20 bits per heavy atom. The summed E-state index contributed by atoms with van der Waals surface area (Å²) in [5.41, 5.74) is 0. The number of rotatable bonds is 3. The van der Waals surface area contributed by atoms with E-state index in [0.29, 0.717) is 19.7 Å². The zero-order valence-electron chi connectivity index (χ0n) is 11.4. The Kier molecular flexibility index (Phi) is 4.54. The molecule has 2 rings (SSSR count). The van der Waals surface area contributed by atoms with E-state index in [4.69, 9.17) is 9.47 Å². The maximum absolute atomic E-state index is 13.1. The van der Waals surface area contributed by atoms with Crippen LogP contribution in [0.5, 0.6) is 5.75 Å². The quantitative estimate of drug-likeness (QED) is 0.852. The average molecular weight is 285 g/mol. The van der Waals surface area contributed by atoms with Gasteiger partial charge in [0.05, 0.1) is 12.7 Å².